The summed E-state index contributed by atoms with van der Waals surface area (Å²) in [5.74, 6) is -1.76. The molecule has 1 aliphatic heterocycles. The standard InChI is InChI=1S/C33H37F2N5O3S/c1-20-11-21(17-36)12-28(37-20)31(2,3)14-24(41)15-33(18-40(19-33)23-7-9-32(4,43)10-8-23)16-27(42)30-39-38-29(44-30)25-6-5-22(34)13-26(25)35/h5-6,11-13,23,43H,7-10,14-16,18-19H2,1-4H3. The van der Waals surface area contributed by atoms with Crippen LogP contribution in [0.4, 0.5) is 8.78 Å². The maximum absolute atomic E-state index is 14.4. The van der Waals surface area contributed by atoms with Gasteiger partial charge in [0.15, 0.2) is 15.8 Å². The third-order valence-corrected chi connectivity index (χ3v) is 9.97. The van der Waals surface area contributed by atoms with E-state index in [0.29, 0.717) is 42.9 Å². The number of hydrogen-bond acceptors (Lipinski definition) is 9. The summed E-state index contributed by atoms with van der Waals surface area (Å²) < 4.78 is 27.8. The minimum absolute atomic E-state index is 0.00202. The number of carbonyl (C=O) groups is 2. The van der Waals surface area contributed by atoms with Crippen LogP contribution in [0.15, 0.2) is 30.3 Å². The fraction of sp³-hybridized carbons (Fsp3) is 0.515. The van der Waals surface area contributed by atoms with Crippen LogP contribution in [0.5, 0.6) is 0 Å². The Bertz CT molecular complexity index is 1610. The van der Waals surface area contributed by atoms with Gasteiger partial charge in [-0.3, -0.25) is 19.5 Å². The molecule has 8 nitrogen and oxygen atoms in total. The summed E-state index contributed by atoms with van der Waals surface area (Å²) in [7, 11) is 0. The lowest BCUT2D eigenvalue weighted by Gasteiger charge is -2.54. The quantitative estimate of drug-likeness (QED) is 0.276. The molecule has 0 radical (unpaired) electrons. The first-order valence-corrected chi connectivity index (χ1v) is 15.7. The molecule has 11 heteroatoms. The second-order valence-corrected chi connectivity index (χ2v) is 14.5. The molecule has 0 bridgehead atoms. The van der Waals surface area contributed by atoms with Gasteiger partial charge in [-0.15, -0.1) is 10.2 Å². The Kier molecular flexibility index (Phi) is 8.82. The SMILES string of the molecule is Cc1cc(C#N)cc(C(C)(C)CC(=O)CC2(CC(=O)c3nnc(-c4ccc(F)cc4F)s3)CN(C3CCC(C)(O)CC3)C2)n1. The van der Waals surface area contributed by atoms with E-state index in [1.54, 1.807) is 12.1 Å². The zero-order chi connectivity index (χ0) is 31.9. The van der Waals surface area contributed by atoms with E-state index in [0.717, 1.165) is 36.3 Å². The molecule has 232 valence electrons. The number of aliphatic hydroxyl groups is 1. The van der Waals surface area contributed by atoms with Gasteiger partial charge in [0.1, 0.15) is 17.4 Å². The van der Waals surface area contributed by atoms with Crippen molar-refractivity contribution in [3.05, 3.63) is 63.9 Å². The third-order valence-electron chi connectivity index (χ3n) is 8.97. The van der Waals surface area contributed by atoms with Crippen molar-refractivity contribution in [1.29, 1.82) is 5.26 Å². The number of aromatic nitrogens is 3. The van der Waals surface area contributed by atoms with Crippen LogP contribution in [0.25, 0.3) is 10.6 Å². The highest BCUT2D eigenvalue weighted by atomic mass is 32.1. The highest BCUT2D eigenvalue weighted by Gasteiger charge is 2.49. The molecule has 2 aromatic heterocycles. The van der Waals surface area contributed by atoms with Gasteiger partial charge in [0.2, 0.25) is 0 Å². The highest BCUT2D eigenvalue weighted by molar-refractivity contribution is 7.16. The summed E-state index contributed by atoms with van der Waals surface area (Å²) in [6.45, 7) is 8.68. The Morgan fingerprint density at radius 3 is 2.50 bits per heavy atom. The number of pyridine rings is 1. The van der Waals surface area contributed by atoms with Crippen LogP contribution in [-0.2, 0) is 10.2 Å². The van der Waals surface area contributed by atoms with E-state index >= 15 is 0 Å². The number of nitrogens with zero attached hydrogens (tertiary/aromatic N) is 5. The fourth-order valence-electron chi connectivity index (χ4n) is 6.62. The molecular formula is C33H37F2N5O3S. The summed E-state index contributed by atoms with van der Waals surface area (Å²) in [4.78, 5) is 34.1. The number of rotatable bonds is 10. The van der Waals surface area contributed by atoms with Crippen molar-refractivity contribution in [1.82, 2.24) is 20.1 Å². The number of aryl methyl sites for hydroxylation is 1. The van der Waals surface area contributed by atoms with Crippen molar-refractivity contribution in [2.24, 2.45) is 5.41 Å². The second-order valence-electron chi connectivity index (χ2n) is 13.5. The number of hydrogen-bond donors (Lipinski definition) is 1. The van der Waals surface area contributed by atoms with Gasteiger partial charge in [-0.25, -0.2) is 8.78 Å². The zero-order valence-electron chi connectivity index (χ0n) is 25.5. The minimum atomic E-state index is -0.782. The average molecular weight is 622 g/mol. The molecule has 0 atom stereocenters. The molecule has 44 heavy (non-hydrogen) atoms. The molecule has 1 saturated heterocycles. The van der Waals surface area contributed by atoms with Gasteiger partial charge < -0.3 is 5.11 Å². The summed E-state index contributed by atoms with van der Waals surface area (Å²) >= 11 is 0.954. The van der Waals surface area contributed by atoms with Crippen molar-refractivity contribution in [2.75, 3.05) is 13.1 Å². The number of benzene rings is 1. The first-order valence-electron chi connectivity index (χ1n) is 14.9. The van der Waals surface area contributed by atoms with E-state index in [1.807, 2.05) is 27.7 Å². The van der Waals surface area contributed by atoms with E-state index in [9.17, 15) is 28.7 Å². The Morgan fingerprint density at radius 1 is 1.14 bits per heavy atom. The van der Waals surface area contributed by atoms with Gasteiger partial charge in [-0.05, 0) is 63.8 Å². The van der Waals surface area contributed by atoms with Gasteiger partial charge in [0.05, 0.1) is 17.2 Å². The molecule has 5 rings (SSSR count). The van der Waals surface area contributed by atoms with Crippen LogP contribution in [0.1, 0.15) is 92.5 Å². The topological polar surface area (TPSA) is 120 Å². The van der Waals surface area contributed by atoms with Crippen LogP contribution in [0, 0.1) is 35.3 Å². The predicted molar refractivity (Wildman–Crippen MR) is 162 cm³/mol. The van der Waals surface area contributed by atoms with Gasteiger partial charge in [0.25, 0.3) is 0 Å². The van der Waals surface area contributed by atoms with Crippen molar-refractivity contribution < 1.29 is 23.5 Å². The van der Waals surface area contributed by atoms with Crippen LogP contribution in [0.2, 0.25) is 0 Å². The van der Waals surface area contributed by atoms with Gasteiger partial charge >= 0.3 is 0 Å². The first-order chi connectivity index (χ1) is 20.7. The molecule has 1 aliphatic carbocycles. The number of likely N-dealkylation sites (tertiary alicyclic amines) is 1. The molecule has 2 fully saturated rings. The highest BCUT2D eigenvalue weighted by Crippen LogP contribution is 2.44. The Morgan fingerprint density at radius 2 is 1.84 bits per heavy atom. The lowest BCUT2D eigenvalue weighted by atomic mass is 9.68. The molecule has 0 amide bonds. The van der Waals surface area contributed by atoms with E-state index in [2.05, 4.69) is 26.2 Å². The number of carbonyl (C=O) groups excluding carboxylic acids is 2. The molecular weight excluding hydrogens is 584 g/mol. The van der Waals surface area contributed by atoms with E-state index in [-0.39, 0.29) is 52.4 Å². The van der Waals surface area contributed by atoms with Crippen LogP contribution in [-0.4, -0.2) is 61.5 Å². The Hall–Kier alpha value is -3.46. The molecule has 3 heterocycles. The van der Waals surface area contributed by atoms with Gasteiger partial charge in [0, 0.05) is 72.2 Å². The molecule has 1 N–H and O–H groups in total. The molecule has 1 aromatic carbocycles. The smallest absolute Gasteiger partial charge is 0.194 e. The number of ketones is 2. The largest absolute Gasteiger partial charge is 0.390 e. The Labute approximate surface area is 260 Å². The first kappa shape index (κ1) is 31.9. The Balaban J connectivity index is 1.33. The monoisotopic (exact) mass is 621 g/mol. The summed E-state index contributed by atoms with van der Waals surface area (Å²) in [6, 6.07) is 9.03. The lowest BCUT2D eigenvalue weighted by Crippen LogP contribution is -2.62. The van der Waals surface area contributed by atoms with E-state index in [1.165, 1.54) is 6.07 Å². The summed E-state index contributed by atoms with van der Waals surface area (Å²) in [5, 5.41) is 28.2. The number of nitriles is 1. The van der Waals surface area contributed by atoms with Crippen molar-refractivity contribution in [3.63, 3.8) is 0 Å². The van der Waals surface area contributed by atoms with E-state index < -0.39 is 28.1 Å². The summed E-state index contributed by atoms with van der Waals surface area (Å²) in [6.07, 6.45) is 3.58. The predicted octanol–water partition coefficient (Wildman–Crippen LogP) is 5.95. The third kappa shape index (κ3) is 7.09. The van der Waals surface area contributed by atoms with Crippen molar-refractivity contribution in [3.8, 4) is 16.6 Å². The normalized spacial score (nSPS) is 21.8. The van der Waals surface area contributed by atoms with Crippen LogP contribution >= 0.6 is 11.3 Å². The number of Topliss-reactive ketones (excluding diaryl/α,β-unsaturated/α-hetero) is 2. The molecule has 1 saturated carbocycles. The van der Waals surface area contributed by atoms with Crippen LogP contribution in [0.3, 0.4) is 0 Å². The van der Waals surface area contributed by atoms with Crippen LogP contribution < -0.4 is 0 Å². The van der Waals surface area contributed by atoms with Gasteiger partial charge in [-0.2, -0.15) is 5.26 Å². The number of halogens is 2. The zero-order valence-corrected chi connectivity index (χ0v) is 26.3. The molecule has 3 aromatic rings. The van der Waals surface area contributed by atoms with E-state index in [4.69, 9.17) is 0 Å². The maximum atomic E-state index is 14.4. The average Bonchev–Trinajstić information content (AvgIpc) is 3.41. The molecule has 0 spiro atoms. The fourth-order valence-corrected chi connectivity index (χ4v) is 7.43. The minimum Gasteiger partial charge on any atom is -0.390 e. The lowest BCUT2D eigenvalue weighted by molar-refractivity contribution is -0.128. The second kappa shape index (κ2) is 12.1. The van der Waals surface area contributed by atoms with Crippen molar-refractivity contribution in [2.45, 2.75) is 89.7 Å². The molecule has 2 aliphatic rings. The van der Waals surface area contributed by atoms with Gasteiger partial charge in [-0.1, -0.05) is 25.2 Å². The molecule has 0 unspecified atom stereocenters. The van der Waals surface area contributed by atoms with Crippen molar-refractivity contribution >= 4 is 22.9 Å². The summed E-state index contributed by atoms with van der Waals surface area (Å²) in [5.41, 5.74) is 0.0624. The maximum Gasteiger partial charge on any atom is 0.194 e.